The van der Waals surface area contributed by atoms with Crippen molar-refractivity contribution in [2.75, 3.05) is 12.8 Å². The Morgan fingerprint density at radius 1 is 1.44 bits per heavy atom. The number of hydrogen-bond acceptors (Lipinski definition) is 2. The average Bonchev–Trinajstić information content (AvgIpc) is 2.39. The van der Waals surface area contributed by atoms with Gasteiger partial charge >= 0.3 is 0 Å². The van der Waals surface area contributed by atoms with E-state index in [1.54, 1.807) is 12.1 Å². The van der Waals surface area contributed by atoms with Crippen LogP contribution in [-0.4, -0.2) is 24.1 Å². The summed E-state index contributed by atoms with van der Waals surface area (Å²) in [5, 5.41) is 4.15. The number of thioether (sulfide) groups is 1. The lowest BCUT2D eigenvalue weighted by atomic mass is 9.97. The molecule has 1 saturated heterocycles. The molecule has 0 amide bonds. The number of hydrogen-bond donors (Lipinski definition) is 1. The Morgan fingerprint density at radius 2 is 2.28 bits per heavy atom. The summed E-state index contributed by atoms with van der Waals surface area (Å²) < 4.78 is 13.1. The van der Waals surface area contributed by atoms with Crippen LogP contribution in [0.1, 0.15) is 30.4 Å². The summed E-state index contributed by atoms with van der Waals surface area (Å²) in [5.74, 6) is 1.15. The maximum Gasteiger partial charge on any atom is 0.123 e. The van der Waals surface area contributed by atoms with E-state index >= 15 is 0 Å². The maximum absolute atomic E-state index is 13.1. The Bertz CT molecular complexity index is 388. The summed E-state index contributed by atoms with van der Waals surface area (Å²) in [6.45, 7) is 2.00. The van der Waals surface area contributed by atoms with Crippen molar-refractivity contribution in [3.8, 4) is 0 Å². The van der Waals surface area contributed by atoms with Gasteiger partial charge in [0, 0.05) is 11.3 Å². The fourth-order valence-corrected chi connectivity index (χ4v) is 4.10. The van der Waals surface area contributed by atoms with Crippen LogP contribution in [0.25, 0.3) is 0 Å². The third-order valence-corrected chi connectivity index (χ3v) is 5.30. The van der Waals surface area contributed by atoms with Crippen molar-refractivity contribution in [2.45, 2.75) is 43.9 Å². The zero-order valence-corrected chi connectivity index (χ0v) is 12.0. The largest absolute Gasteiger partial charge is 0.316 e. The van der Waals surface area contributed by atoms with E-state index < -0.39 is 0 Å². The molecular weight excluding hydrogens is 245 g/mol. The second-order valence-electron chi connectivity index (χ2n) is 5.08. The van der Waals surface area contributed by atoms with Gasteiger partial charge in [-0.3, -0.25) is 0 Å². The molecule has 1 nitrogen and oxygen atoms in total. The number of rotatable bonds is 4. The molecule has 1 aromatic rings. The summed E-state index contributed by atoms with van der Waals surface area (Å²) in [6, 6.07) is 5.64. The van der Waals surface area contributed by atoms with E-state index in [1.807, 2.05) is 20.0 Å². The molecule has 100 valence electrons. The minimum Gasteiger partial charge on any atom is -0.316 e. The van der Waals surface area contributed by atoms with Crippen molar-refractivity contribution >= 4 is 11.8 Å². The molecule has 1 aliphatic rings. The quantitative estimate of drug-likeness (QED) is 0.895. The molecule has 0 saturated carbocycles. The van der Waals surface area contributed by atoms with Gasteiger partial charge in [-0.1, -0.05) is 12.5 Å². The Morgan fingerprint density at radius 3 is 2.89 bits per heavy atom. The summed E-state index contributed by atoms with van der Waals surface area (Å²) in [4.78, 5) is 0. The highest BCUT2D eigenvalue weighted by Crippen LogP contribution is 2.29. The highest BCUT2D eigenvalue weighted by atomic mass is 32.2. The predicted octanol–water partition coefficient (Wildman–Crippen LogP) is 3.55. The van der Waals surface area contributed by atoms with Crippen molar-refractivity contribution in [3.63, 3.8) is 0 Å². The van der Waals surface area contributed by atoms with Crippen molar-refractivity contribution in [1.29, 1.82) is 0 Å². The van der Waals surface area contributed by atoms with Gasteiger partial charge in [-0.05, 0) is 62.2 Å². The van der Waals surface area contributed by atoms with Gasteiger partial charge in [-0.15, -0.1) is 0 Å². The third kappa shape index (κ3) is 3.48. The van der Waals surface area contributed by atoms with Crippen LogP contribution >= 0.6 is 11.8 Å². The first-order valence-corrected chi connectivity index (χ1v) is 7.79. The maximum atomic E-state index is 13.1. The molecule has 0 aromatic heterocycles. The lowest BCUT2D eigenvalue weighted by Crippen LogP contribution is -2.39. The molecule has 1 aromatic carbocycles. The Balaban J connectivity index is 2.04. The predicted molar refractivity (Wildman–Crippen MR) is 77.8 cm³/mol. The highest BCUT2D eigenvalue weighted by molar-refractivity contribution is 8.00. The lowest BCUT2D eigenvalue weighted by molar-refractivity contribution is 0.493. The summed E-state index contributed by atoms with van der Waals surface area (Å²) in [6.07, 6.45) is 5.00. The van der Waals surface area contributed by atoms with Crippen LogP contribution in [0.3, 0.4) is 0 Å². The zero-order valence-electron chi connectivity index (χ0n) is 11.2. The van der Waals surface area contributed by atoms with Gasteiger partial charge in [0.15, 0.2) is 0 Å². The Labute approximate surface area is 114 Å². The van der Waals surface area contributed by atoms with Gasteiger partial charge in [-0.25, -0.2) is 4.39 Å². The molecule has 2 unspecified atom stereocenters. The average molecular weight is 267 g/mol. The topological polar surface area (TPSA) is 12.0 Å². The van der Waals surface area contributed by atoms with Crippen molar-refractivity contribution in [2.24, 2.45) is 0 Å². The minimum absolute atomic E-state index is 0.135. The van der Waals surface area contributed by atoms with Crippen LogP contribution in [0.2, 0.25) is 0 Å². The Hall–Kier alpha value is -0.540. The number of benzene rings is 1. The minimum atomic E-state index is -0.135. The zero-order chi connectivity index (χ0) is 13.0. The number of halogens is 1. The van der Waals surface area contributed by atoms with Gasteiger partial charge in [0.05, 0.1) is 0 Å². The third-order valence-electron chi connectivity index (χ3n) is 3.78. The molecule has 1 fully saturated rings. The highest BCUT2D eigenvalue weighted by Gasteiger charge is 2.23. The molecule has 1 aliphatic heterocycles. The first-order valence-electron chi connectivity index (χ1n) is 6.74. The number of nitrogens with one attached hydrogen (secondary N) is 1. The standard InChI is InChI=1S/C15H22FNS/c1-11-9-13(16)7-6-12(11)10-14(17-2)15-5-3-4-8-18-15/h6-7,9,14-15,17H,3-5,8,10H2,1-2H3. The van der Waals surface area contributed by atoms with E-state index in [2.05, 4.69) is 17.1 Å². The van der Waals surface area contributed by atoms with E-state index in [0.29, 0.717) is 11.3 Å². The second kappa shape index (κ2) is 6.58. The first kappa shape index (κ1) is 13.9. The van der Waals surface area contributed by atoms with Gasteiger partial charge in [0.1, 0.15) is 5.82 Å². The van der Waals surface area contributed by atoms with Crippen LogP contribution in [0.15, 0.2) is 18.2 Å². The molecule has 18 heavy (non-hydrogen) atoms. The van der Waals surface area contributed by atoms with Crippen molar-refractivity contribution in [3.05, 3.63) is 35.1 Å². The molecule has 0 radical (unpaired) electrons. The molecule has 0 bridgehead atoms. The molecule has 2 atom stereocenters. The molecular formula is C15H22FNS. The van der Waals surface area contributed by atoms with E-state index in [1.165, 1.54) is 30.6 Å². The van der Waals surface area contributed by atoms with Gasteiger partial charge in [0.2, 0.25) is 0 Å². The fraction of sp³-hybridized carbons (Fsp3) is 0.600. The summed E-state index contributed by atoms with van der Waals surface area (Å²) in [7, 11) is 2.04. The normalized spacial score (nSPS) is 21.8. The SMILES string of the molecule is CNC(Cc1ccc(F)cc1C)C1CCCCS1. The van der Waals surface area contributed by atoms with Gasteiger partial charge in [0.25, 0.3) is 0 Å². The molecule has 1 heterocycles. The molecule has 1 N–H and O–H groups in total. The van der Waals surface area contributed by atoms with Crippen LogP contribution < -0.4 is 5.32 Å². The Kier molecular flexibility index (Phi) is 5.07. The van der Waals surface area contributed by atoms with E-state index in [4.69, 9.17) is 0 Å². The first-order chi connectivity index (χ1) is 8.70. The smallest absolute Gasteiger partial charge is 0.123 e. The lowest BCUT2D eigenvalue weighted by Gasteiger charge is -2.30. The second-order valence-corrected chi connectivity index (χ2v) is 6.42. The fourth-order valence-electron chi connectivity index (χ4n) is 2.63. The molecule has 3 heteroatoms. The van der Waals surface area contributed by atoms with Gasteiger partial charge < -0.3 is 5.32 Å². The van der Waals surface area contributed by atoms with Crippen LogP contribution in [0.5, 0.6) is 0 Å². The van der Waals surface area contributed by atoms with E-state index in [-0.39, 0.29) is 5.82 Å². The van der Waals surface area contributed by atoms with Crippen LogP contribution in [0, 0.1) is 12.7 Å². The van der Waals surface area contributed by atoms with Crippen molar-refractivity contribution < 1.29 is 4.39 Å². The molecule has 0 aliphatic carbocycles. The monoisotopic (exact) mass is 267 g/mol. The van der Waals surface area contributed by atoms with Gasteiger partial charge in [-0.2, -0.15) is 11.8 Å². The molecule has 2 rings (SSSR count). The summed E-state index contributed by atoms with van der Waals surface area (Å²) >= 11 is 2.09. The van der Waals surface area contributed by atoms with E-state index in [9.17, 15) is 4.39 Å². The number of aryl methyl sites for hydroxylation is 1. The van der Waals surface area contributed by atoms with E-state index in [0.717, 1.165) is 12.0 Å². The number of likely N-dealkylation sites (N-methyl/N-ethyl adjacent to an activating group) is 1. The van der Waals surface area contributed by atoms with Crippen molar-refractivity contribution in [1.82, 2.24) is 5.32 Å². The summed E-state index contributed by atoms with van der Waals surface area (Å²) in [5.41, 5.74) is 2.33. The van der Waals surface area contributed by atoms with Crippen LogP contribution in [0.4, 0.5) is 4.39 Å². The molecule has 0 spiro atoms. The van der Waals surface area contributed by atoms with Crippen LogP contribution in [-0.2, 0) is 6.42 Å².